The number of hydrogen-bond acceptors (Lipinski definition) is 2. The Labute approximate surface area is 108 Å². The van der Waals surface area contributed by atoms with Gasteiger partial charge in [-0.3, -0.25) is 4.79 Å². The van der Waals surface area contributed by atoms with E-state index in [1.54, 1.807) is 4.90 Å². The van der Waals surface area contributed by atoms with Crippen molar-refractivity contribution in [2.45, 2.75) is 26.7 Å². The molecule has 5 nitrogen and oxygen atoms in total. The van der Waals surface area contributed by atoms with Crippen LogP contribution in [0.1, 0.15) is 26.7 Å². The van der Waals surface area contributed by atoms with Gasteiger partial charge in [-0.1, -0.05) is 13.8 Å². The zero-order chi connectivity index (χ0) is 13.3. The molecule has 2 atom stereocenters. The van der Waals surface area contributed by atoms with Crippen LogP contribution in [0.4, 0.5) is 4.79 Å². The summed E-state index contributed by atoms with van der Waals surface area (Å²) in [6.07, 6.45) is 2.11. The highest BCUT2D eigenvalue weighted by Crippen LogP contribution is 2.25. The van der Waals surface area contributed by atoms with E-state index in [1.807, 2.05) is 11.8 Å². The summed E-state index contributed by atoms with van der Waals surface area (Å²) in [4.78, 5) is 26.9. The van der Waals surface area contributed by atoms with E-state index >= 15 is 0 Å². The molecule has 0 saturated carbocycles. The molecule has 0 aliphatic carbocycles. The monoisotopic (exact) mass is 254 g/mol. The van der Waals surface area contributed by atoms with Gasteiger partial charge in [-0.05, 0) is 24.7 Å². The molecule has 2 aliphatic heterocycles. The highest BCUT2D eigenvalue weighted by atomic mass is 16.4. The zero-order valence-electron chi connectivity index (χ0n) is 11.1. The molecular weight excluding hydrogens is 232 g/mol. The fourth-order valence-corrected chi connectivity index (χ4v) is 2.84. The maximum absolute atomic E-state index is 12.3. The Bertz CT molecular complexity index is 337. The first-order valence-corrected chi connectivity index (χ1v) is 6.75. The minimum atomic E-state index is -0.787. The van der Waals surface area contributed by atoms with Crippen molar-refractivity contribution in [3.8, 4) is 0 Å². The topological polar surface area (TPSA) is 60.9 Å². The summed E-state index contributed by atoms with van der Waals surface area (Å²) in [5.41, 5.74) is 0. The average molecular weight is 254 g/mol. The fourth-order valence-electron chi connectivity index (χ4n) is 2.84. The van der Waals surface area contributed by atoms with Gasteiger partial charge in [0, 0.05) is 26.2 Å². The Balaban J connectivity index is 1.92. The number of likely N-dealkylation sites (tertiary alicyclic amines) is 2. The van der Waals surface area contributed by atoms with Gasteiger partial charge in [0.05, 0.1) is 5.92 Å². The van der Waals surface area contributed by atoms with E-state index in [1.165, 1.54) is 0 Å². The molecule has 0 unspecified atom stereocenters. The van der Waals surface area contributed by atoms with Crippen LogP contribution in [0.2, 0.25) is 0 Å². The summed E-state index contributed by atoms with van der Waals surface area (Å²) in [5.74, 6) is -0.448. The molecule has 0 radical (unpaired) electrons. The number of hydrogen-bond donors (Lipinski definition) is 1. The second kappa shape index (κ2) is 5.16. The highest BCUT2D eigenvalue weighted by Gasteiger charge is 2.38. The van der Waals surface area contributed by atoms with Crippen molar-refractivity contribution in [3.63, 3.8) is 0 Å². The van der Waals surface area contributed by atoms with Gasteiger partial charge in [-0.25, -0.2) is 4.79 Å². The number of amides is 2. The molecule has 102 valence electrons. The van der Waals surface area contributed by atoms with Crippen molar-refractivity contribution in [2.75, 3.05) is 26.2 Å². The normalized spacial score (nSPS) is 29.7. The van der Waals surface area contributed by atoms with Gasteiger partial charge in [-0.15, -0.1) is 0 Å². The predicted molar refractivity (Wildman–Crippen MR) is 67.2 cm³/mol. The molecule has 1 N–H and O–H groups in total. The third-order valence-corrected chi connectivity index (χ3v) is 4.25. The molecule has 5 heteroatoms. The summed E-state index contributed by atoms with van der Waals surface area (Å²) in [7, 11) is 0. The van der Waals surface area contributed by atoms with Crippen LogP contribution in [0.25, 0.3) is 0 Å². The SMILES string of the molecule is CC1CCN(C(=O)N2C[C@@H](C)[C@H](C(=O)O)C2)CC1. The summed E-state index contributed by atoms with van der Waals surface area (Å²) < 4.78 is 0. The van der Waals surface area contributed by atoms with Crippen molar-refractivity contribution in [1.29, 1.82) is 0 Å². The minimum absolute atomic E-state index is 0.0255. The van der Waals surface area contributed by atoms with Crippen LogP contribution in [-0.4, -0.2) is 53.1 Å². The van der Waals surface area contributed by atoms with E-state index in [2.05, 4.69) is 6.92 Å². The molecule has 2 aliphatic rings. The van der Waals surface area contributed by atoms with Crippen LogP contribution in [0.3, 0.4) is 0 Å². The second-order valence-electron chi connectivity index (χ2n) is 5.78. The number of carbonyl (C=O) groups is 2. The molecule has 0 bridgehead atoms. The molecule has 2 saturated heterocycles. The average Bonchev–Trinajstić information content (AvgIpc) is 2.71. The lowest BCUT2D eigenvalue weighted by Gasteiger charge is -2.33. The van der Waals surface area contributed by atoms with E-state index in [-0.39, 0.29) is 11.9 Å². The molecule has 0 aromatic heterocycles. The number of carboxylic acids is 1. The Morgan fingerprint density at radius 1 is 1.06 bits per heavy atom. The lowest BCUT2D eigenvalue weighted by Crippen LogP contribution is -2.45. The van der Waals surface area contributed by atoms with Gasteiger partial charge in [-0.2, -0.15) is 0 Å². The Morgan fingerprint density at radius 2 is 1.67 bits per heavy atom. The first kappa shape index (κ1) is 13.2. The summed E-state index contributed by atoms with van der Waals surface area (Å²) in [5, 5.41) is 9.08. The maximum Gasteiger partial charge on any atom is 0.320 e. The molecule has 0 aromatic carbocycles. The minimum Gasteiger partial charge on any atom is -0.481 e. The predicted octanol–water partition coefficient (Wildman–Crippen LogP) is 1.49. The van der Waals surface area contributed by atoms with Crippen LogP contribution in [0.5, 0.6) is 0 Å². The summed E-state index contributed by atoms with van der Waals surface area (Å²) >= 11 is 0. The number of urea groups is 1. The van der Waals surface area contributed by atoms with E-state index in [4.69, 9.17) is 5.11 Å². The van der Waals surface area contributed by atoms with Crippen molar-refractivity contribution in [1.82, 2.24) is 9.80 Å². The first-order valence-electron chi connectivity index (χ1n) is 6.75. The third kappa shape index (κ3) is 2.60. The fraction of sp³-hybridized carbons (Fsp3) is 0.846. The van der Waals surface area contributed by atoms with Crippen molar-refractivity contribution < 1.29 is 14.7 Å². The number of aliphatic carboxylic acids is 1. The van der Waals surface area contributed by atoms with Crippen LogP contribution >= 0.6 is 0 Å². The van der Waals surface area contributed by atoms with Crippen LogP contribution in [0.15, 0.2) is 0 Å². The smallest absolute Gasteiger partial charge is 0.320 e. The van der Waals surface area contributed by atoms with Gasteiger partial charge in [0.15, 0.2) is 0 Å². The van der Waals surface area contributed by atoms with E-state index < -0.39 is 11.9 Å². The Morgan fingerprint density at radius 3 is 2.17 bits per heavy atom. The lowest BCUT2D eigenvalue weighted by atomic mass is 9.99. The molecule has 0 aromatic rings. The van der Waals surface area contributed by atoms with Crippen LogP contribution in [-0.2, 0) is 4.79 Å². The van der Waals surface area contributed by atoms with Crippen LogP contribution in [0, 0.1) is 17.8 Å². The van der Waals surface area contributed by atoms with Crippen molar-refractivity contribution in [3.05, 3.63) is 0 Å². The van der Waals surface area contributed by atoms with E-state index in [9.17, 15) is 9.59 Å². The lowest BCUT2D eigenvalue weighted by molar-refractivity contribution is -0.142. The summed E-state index contributed by atoms with van der Waals surface area (Å²) in [6.45, 7) is 6.67. The summed E-state index contributed by atoms with van der Waals surface area (Å²) in [6, 6.07) is 0.0255. The van der Waals surface area contributed by atoms with Crippen molar-refractivity contribution in [2.24, 2.45) is 17.8 Å². The molecule has 2 heterocycles. The van der Waals surface area contributed by atoms with Gasteiger partial charge in [0.2, 0.25) is 0 Å². The number of rotatable bonds is 1. The molecule has 2 amide bonds. The van der Waals surface area contributed by atoms with Crippen LogP contribution < -0.4 is 0 Å². The number of nitrogens with zero attached hydrogens (tertiary/aromatic N) is 2. The molecule has 2 fully saturated rings. The third-order valence-electron chi connectivity index (χ3n) is 4.25. The van der Waals surface area contributed by atoms with Gasteiger partial charge in [0.25, 0.3) is 0 Å². The number of carbonyl (C=O) groups excluding carboxylic acids is 1. The Kier molecular flexibility index (Phi) is 3.78. The zero-order valence-corrected chi connectivity index (χ0v) is 11.1. The van der Waals surface area contributed by atoms with E-state index in [0.29, 0.717) is 19.0 Å². The molecule has 0 spiro atoms. The number of piperidine rings is 1. The highest BCUT2D eigenvalue weighted by molar-refractivity contribution is 5.77. The molecular formula is C13H22N2O3. The maximum atomic E-state index is 12.3. The quantitative estimate of drug-likeness (QED) is 0.771. The molecule has 2 rings (SSSR count). The van der Waals surface area contributed by atoms with Gasteiger partial charge < -0.3 is 14.9 Å². The second-order valence-corrected chi connectivity index (χ2v) is 5.78. The number of carboxylic acid groups (broad SMARTS) is 1. The van der Waals surface area contributed by atoms with E-state index in [0.717, 1.165) is 25.9 Å². The first-order chi connectivity index (χ1) is 8.49. The van der Waals surface area contributed by atoms with Crippen molar-refractivity contribution >= 4 is 12.0 Å². The van der Waals surface area contributed by atoms with Gasteiger partial charge >= 0.3 is 12.0 Å². The van der Waals surface area contributed by atoms with Gasteiger partial charge in [0.1, 0.15) is 0 Å². The largest absolute Gasteiger partial charge is 0.481 e. The molecule has 18 heavy (non-hydrogen) atoms. The standard InChI is InChI=1S/C13H22N2O3/c1-9-3-5-14(6-4-9)13(18)15-7-10(2)11(8-15)12(16)17/h9-11H,3-8H2,1-2H3,(H,16,17)/t10-,11-/m1/s1. The Hall–Kier alpha value is -1.26.